The average molecular weight is 265 g/mol. The molecule has 0 aromatic heterocycles. The summed E-state index contributed by atoms with van der Waals surface area (Å²) in [6, 6.07) is 6.06. The number of piperazine rings is 1. The number of likely N-dealkylation sites (N-methyl/N-ethyl adjacent to an activating group) is 1. The summed E-state index contributed by atoms with van der Waals surface area (Å²) >= 11 is 0. The van der Waals surface area contributed by atoms with Crippen molar-refractivity contribution < 1.29 is 9.18 Å². The zero-order chi connectivity index (χ0) is 14.0. The fourth-order valence-electron chi connectivity index (χ4n) is 2.46. The van der Waals surface area contributed by atoms with E-state index in [1.54, 1.807) is 13.1 Å². The lowest BCUT2D eigenvalue weighted by molar-refractivity contribution is -0.125. The van der Waals surface area contributed by atoms with E-state index < -0.39 is 0 Å². The third-order valence-electron chi connectivity index (χ3n) is 3.24. The van der Waals surface area contributed by atoms with E-state index in [4.69, 9.17) is 0 Å². The third-order valence-corrected chi connectivity index (χ3v) is 3.24. The number of carbonyl (C=O) groups excluding carboxylic acids is 1. The molecule has 2 rings (SSSR count). The molecule has 1 fully saturated rings. The normalized spacial score (nSPS) is 22.2. The number of rotatable bonds is 3. The van der Waals surface area contributed by atoms with Crippen molar-refractivity contribution in [2.45, 2.75) is 25.4 Å². The molecule has 0 radical (unpaired) electrons. The fourth-order valence-corrected chi connectivity index (χ4v) is 2.46. The van der Waals surface area contributed by atoms with Crippen LogP contribution in [0, 0.1) is 5.82 Å². The maximum atomic E-state index is 13.4. The first kappa shape index (κ1) is 13.8. The average Bonchev–Trinajstić information content (AvgIpc) is 2.31. The van der Waals surface area contributed by atoms with Gasteiger partial charge in [-0.3, -0.25) is 4.79 Å². The molecule has 1 unspecified atom stereocenters. The van der Waals surface area contributed by atoms with Crippen LogP contribution in [0.2, 0.25) is 0 Å². The summed E-state index contributed by atoms with van der Waals surface area (Å²) in [6.07, 6.45) is 0. The second-order valence-corrected chi connectivity index (χ2v) is 5.55. The van der Waals surface area contributed by atoms with E-state index in [1.807, 2.05) is 24.8 Å². The minimum Gasteiger partial charge on any atom is -0.356 e. The zero-order valence-corrected chi connectivity index (χ0v) is 11.5. The van der Waals surface area contributed by atoms with Gasteiger partial charge in [-0.1, -0.05) is 6.07 Å². The first-order valence-electron chi connectivity index (χ1n) is 6.42. The Morgan fingerprint density at radius 2 is 2.26 bits per heavy atom. The van der Waals surface area contributed by atoms with Crippen molar-refractivity contribution >= 4 is 11.6 Å². The van der Waals surface area contributed by atoms with Crippen molar-refractivity contribution in [3.8, 4) is 0 Å². The summed E-state index contributed by atoms with van der Waals surface area (Å²) in [5.74, 6) is -0.320. The molecule has 0 spiro atoms. The molecule has 104 valence electrons. The molecule has 5 heteroatoms. The molecule has 1 aromatic carbocycles. The topological polar surface area (TPSA) is 44.4 Å². The predicted molar refractivity (Wildman–Crippen MR) is 73.7 cm³/mol. The lowest BCUT2D eigenvalue weighted by Crippen LogP contribution is -2.67. The molecule has 2 N–H and O–H groups in total. The largest absolute Gasteiger partial charge is 0.356 e. The van der Waals surface area contributed by atoms with Crippen LogP contribution < -0.4 is 15.5 Å². The molecule has 0 saturated carbocycles. The van der Waals surface area contributed by atoms with Crippen molar-refractivity contribution in [2.75, 3.05) is 25.0 Å². The van der Waals surface area contributed by atoms with Crippen LogP contribution in [0.4, 0.5) is 10.1 Å². The maximum absolute atomic E-state index is 13.4. The summed E-state index contributed by atoms with van der Waals surface area (Å²) in [6.45, 7) is 5.10. The van der Waals surface area contributed by atoms with Crippen LogP contribution in [-0.2, 0) is 4.79 Å². The molecule has 1 heterocycles. The smallest absolute Gasteiger partial charge is 0.244 e. The molecular weight excluding hydrogens is 245 g/mol. The molecule has 0 bridgehead atoms. The highest BCUT2D eigenvalue weighted by Gasteiger charge is 2.38. The van der Waals surface area contributed by atoms with Gasteiger partial charge in [0, 0.05) is 18.8 Å². The summed E-state index contributed by atoms with van der Waals surface area (Å²) in [4.78, 5) is 14.1. The van der Waals surface area contributed by atoms with Gasteiger partial charge in [0.2, 0.25) is 5.91 Å². The lowest BCUT2D eigenvalue weighted by atomic mass is 9.97. The lowest BCUT2D eigenvalue weighted by Gasteiger charge is -2.44. The van der Waals surface area contributed by atoms with Crippen LogP contribution in [0.1, 0.15) is 13.8 Å². The van der Waals surface area contributed by atoms with E-state index in [-0.39, 0.29) is 23.3 Å². The highest BCUT2D eigenvalue weighted by atomic mass is 19.1. The molecule has 1 aliphatic rings. The molecule has 4 nitrogen and oxygen atoms in total. The Morgan fingerprint density at radius 3 is 2.89 bits per heavy atom. The third kappa shape index (κ3) is 3.04. The summed E-state index contributed by atoms with van der Waals surface area (Å²) in [7, 11) is 1.80. The van der Waals surface area contributed by atoms with E-state index >= 15 is 0 Å². The van der Waals surface area contributed by atoms with Gasteiger partial charge in [0.1, 0.15) is 11.9 Å². The van der Waals surface area contributed by atoms with Crippen molar-refractivity contribution in [1.82, 2.24) is 10.6 Å². The van der Waals surface area contributed by atoms with Crippen LogP contribution in [0.3, 0.4) is 0 Å². The fraction of sp³-hybridized carbons (Fsp3) is 0.500. The number of anilines is 1. The van der Waals surface area contributed by atoms with Crippen molar-refractivity contribution in [3.05, 3.63) is 30.1 Å². The second kappa shape index (κ2) is 5.17. The molecule has 1 aliphatic heterocycles. The van der Waals surface area contributed by atoms with E-state index in [1.165, 1.54) is 12.1 Å². The molecule has 19 heavy (non-hydrogen) atoms. The van der Waals surface area contributed by atoms with E-state index in [0.717, 1.165) is 5.69 Å². The highest BCUT2D eigenvalue weighted by molar-refractivity contribution is 5.87. The molecule has 0 aliphatic carbocycles. The quantitative estimate of drug-likeness (QED) is 0.861. The van der Waals surface area contributed by atoms with Crippen molar-refractivity contribution in [2.24, 2.45) is 0 Å². The number of nitrogens with one attached hydrogen (secondary N) is 2. The SMILES string of the molecule is CNCC1C(=O)NC(C)(C)CN1c1cccc(F)c1. The van der Waals surface area contributed by atoms with Crippen LogP contribution in [0.25, 0.3) is 0 Å². The number of nitrogens with zero attached hydrogens (tertiary/aromatic N) is 1. The Morgan fingerprint density at radius 1 is 1.53 bits per heavy atom. The number of halogens is 1. The molecule has 1 saturated heterocycles. The van der Waals surface area contributed by atoms with Crippen molar-refractivity contribution in [1.29, 1.82) is 0 Å². The Kier molecular flexibility index (Phi) is 3.75. The minimum absolute atomic E-state index is 0.0325. The first-order chi connectivity index (χ1) is 8.93. The number of hydrogen-bond acceptors (Lipinski definition) is 3. The van der Waals surface area contributed by atoms with Gasteiger partial charge in [0.25, 0.3) is 0 Å². The van der Waals surface area contributed by atoms with E-state index in [2.05, 4.69) is 10.6 Å². The van der Waals surface area contributed by atoms with Crippen LogP contribution in [0.5, 0.6) is 0 Å². The summed E-state index contributed by atoms with van der Waals surface area (Å²) < 4.78 is 13.4. The van der Waals surface area contributed by atoms with Crippen LogP contribution in [-0.4, -0.2) is 37.6 Å². The Balaban J connectivity index is 2.34. The zero-order valence-electron chi connectivity index (χ0n) is 11.5. The van der Waals surface area contributed by atoms with Gasteiger partial charge >= 0.3 is 0 Å². The number of amides is 1. The maximum Gasteiger partial charge on any atom is 0.244 e. The number of hydrogen-bond donors (Lipinski definition) is 2. The molecule has 1 atom stereocenters. The highest BCUT2D eigenvalue weighted by Crippen LogP contribution is 2.24. The van der Waals surface area contributed by atoms with Gasteiger partial charge in [0.05, 0.1) is 5.54 Å². The van der Waals surface area contributed by atoms with Gasteiger partial charge in [0.15, 0.2) is 0 Å². The van der Waals surface area contributed by atoms with Gasteiger partial charge in [-0.25, -0.2) is 4.39 Å². The molecule has 1 amide bonds. The Bertz CT molecular complexity index is 476. The number of benzene rings is 1. The van der Waals surface area contributed by atoms with Gasteiger partial charge in [-0.15, -0.1) is 0 Å². The van der Waals surface area contributed by atoms with E-state index in [9.17, 15) is 9.18 Å². The minimum atomic E-state index is -0.326. The molecular formula is C14H20FN3O. The number of carbonyl (C=O) groups is 1. The predicted octanol–water partition coefficient (Wildman–Crippen LogP) is 1.13. The van der Waals surface area contributed by atoms with Gasteiger partial charge < -0.3 is 15.5 Å². The standard InChI is InChI=1S/C14H20FN3O/c1-14(2)9-18(11-6-4-5-10(15)7-11)12(8-16-3)13(19)17-14/h4-7,12,16H,8-9H2,1-3H3,(H,17,19). The first-order valence-corrected chi connectivity index (χ1v) is 6.42. The summed E-state index contributed by atoms with van der Waals surface area (Å²) in [5.41, 5.74) is 0.413. The van der Waals surface area contributed by atoms with Gasteiger partial charge in [-0.2, -0.15) is 0 Å². The van der Waals surface area contributed by atoms with Crippen LogP contribution in [0.15, 0.2) is 24.3 Å². The van der Waals surface area contributed by atoms with Gasteiger partial charge in [-0.05, 0) is 39.1 Å². The van der Waals surface area contributed by atoms with E-state index in [0.29, 0.717) is 13.1 Å². The Hall–Kier alpha value is -1.62. The molecule has 1 aromatic rings. The Labute approximate surface area is 113 Å². The monoisotopic (exact) mass is 265 g/mol. The van der Waals surface area contributed by atoms with Crippen molar-refractivity contribution in [3.63, 3.8) is 0 Å². The second-order valence-electron chi connectivity index (χ2n) is 5.55. The van der Waals surface area contributed by atoms with Crippen LogP contribution >= 0.6 is 0 Å². The summed E-state index contributed by atoms with van der Waals surface area (Å²) in [5, 5.41) is 6.00.